The van der Waals surface area contributed by atoms with E-state index in [1.807, 2.05) is 25.1 Å². The van der Waals surface area contributed by atoms with Crippen LogP contribution in [0.5, 0.6) is 6.01 Å². The summed E-state index contributed by atoms with van der Waals surface area (Å²) in [5.74, 6) is 0.980. The fraction of sp³-hybridized carbons (Fsp3) is 0.500. The van der Waals surface area contributed by atoms with Gasteiger partial charge in [-0.25, -0.2) is 13.9 Å². The van der Waals surface area contributed by atoms with Gasteiger partial charge in [0, 0.05) is 50.1 Å². The van der Waals surface area contributed by atoms with Gasteiger partial charge in [0.25, 0.3) is 0 Å². The number of hydrogen-bond acceptors (Lipinski definition) is 7. The molecule has 2 fully saturated rings. The van der Waals surface area contributed by atoms with Crippen LogP contribution in [0.25, 0.3) is 16.7 Å². The molecule has 2 aromatic heterocycles. The molecule has 1 aromatic carbocycles. The predicted octanol–water partition coefficient (Wildman–Crippen LogP) is 2.69. The maximum atomic E-state index is 15.1. The van der Waals surface area contributed by atoms with Gasteiger partial charge in [-0.2, -0.15) is 15.1 Å². The second kappa shape index (κ2) is 9.29. The molecule has 0 spiro atoms. The molecule has 2 aliphatic heterocycles. The van der Waals surface area contributed by atoms with Crippen molar-refractivity contribution in [3.63, 3.8) is 0 Å². The first-order valence-corrected chi connectivity index (χ1v) is 11.8. The van der Waals surface area contributed by atoms with Crippen LogP contribution in [0.4, 0.5) is 15.0 Å². The van der Waals surface area contributed by atoms with Gasteiger partial charge < -0.3 is 24.5 Å². The number of benzene rings is 1. The number of likely N-dealkylation sites (N-methyl/N-ethyl adjacent to an activating group) is 1. The Bertz CT molecular complexity index is 1240. The summed E-state index contributed by atoms with van der Waals surface area (Å²) >= 11 is 0. The number of aromatic nitrogens is 4. The van der Waals surface area contributed by atoms with Crippen LogP contribution >= 0.6 is 0 Å². The van der Waals surface area contributed by atoms with Gasteiger partial charge in [-0.3, -0.25) is 0 Å². The zero-order valence-corrected chi connectivity index (χ0v) is 20.2. The molecule has 0 saturated carbocycles. The number of methoxy groups -OCH3 is 1. The first-order valence-electron chi connectivity index (χ1n) is 11.8. The molecule has 186 valence electrons. The molecule has 4 heterocycles. The summed E-state index contributed by atoms with van der Waals surface area (Å²) in [4.78, 5) is 26.0. The zero-order chi connectivity index (χ0) is 24.7. The maximum Gasteiger partial charge on any atom is 0.407 e. The highest BCUT2D eigenvalue weighted by Gasteiger charge is 2.33. The molecule has 2 unspecified atom stereocenters. The number of aryl methyl sites for hydroxylation is 1. The highest BCUT2D eigenvalue weighted by Crippen LogP contribution is 2.35. The van der Waals surface area contributed by atoms with Crippen LogP contribution in [0.2, 0.25) is 0 Å². The lowest BCUT2D eigenvalue weighted by Crippen LogP contribution is -2.44. The Morgan fingerprint density at radius 3 is 2.54 bits per heavy atom. The fourth-order valence-electron chi connectivity index (χ4n) is 5.01. The van der Waals surface area contributed by atoms with Crippen molar-refractivity contribution in [1.29, 1.82) is 0 Å². The van der Waals surface area contributed by atoms with Crippen LogP contribution in [-0.4, -0.2) is 100 Å². The zero-order valence-electron chi connectivity index (χ0n) is 20.2. The normalized spacial score (nSPS) is 21.5. The van der Waals surface area contributed by atoms with Crippen molar-refractivity contribution in [2.24, 2.45) is 0 Å². The number of anilines is 1. The summed E-state index contributed by atoms with van der Waals surface area (Å²) in [6.45, 7) is 5.75. The first kappa shape index (κ1) is 23.3. The third-order valence-corrected chi connectivity index (χ3v) is 7.07. The number of ether oxygens (including phenoxy) is 1. The third-order valence-electron chi connectivity index (χ3n) is 7.07. The van der Waals surface area contributed by atoms with E-state index in [0.29, 0.717) is 18.8 Å². The van der Waals surface area contributed by atoms with E-state index in [-0.39, 0.29) is 18.5 Å². The van der Waals surface area contributed by atoms with E-state index in [0.717, 1.165) is 58.9 Å². The highest BCUT2D eigenvalue weighted by atomic mass is 19.1. The predicted molar refractivity (Wildman–Crippen MR) is 130 cm³/mol. The van der Waals surface area contributed by atoms with Crippen molar-refractivity contribution in [2.75, 3.05) is 58.3 Å². The number of piperazine rings is 1. The van der Waals surface area contributed by atoms with Gasteiger partial charge >= 0.3 is 12.1 Å². The Labute approximate surface area is 202 Å². The molecule has 10 nitrogen and oxygen atoms in total. The standard InChI is InChI=1S/C24H30FN7O3/c1-15-10-16-13-26-32(20(16)11-18(15)17-4-5-31(24(33)34)14-19(17)25)22-12-21(27-23(28-22)35-3)30-8-6-29(2)7-9-30/h10-13,17,19H,4-9,14H2,1-3H3,(H,33,34). The number of nitrogens with zero attached hydrogens (tertiary/aromatic N) is 7. The summed E-state index contributed by atoms with van der Waals surface area (Å²) in [6.07, 6.45) is -0.139. The summed E-state index contributed by atoms with van der Waals surface area (Å²) in [5.41, 5.74) is 2.65. The van der Waals surface area contributed by atoms with Crippen molar-refractivity contribution in [1.82, 2.24) is 29.5 Å². The number of piperidine rings is 1. The Balaban J connectivity index is 1.52. The second-order valence-corrected chi connectivity index (χ2v) is 9.33. The number of alkyl halides is 1. The van der Waals surface area contributed by atoms with Gasteiger partial charge in [0.1, 0.15) is 12.0 Å². The molecule has 1 N–H and O–H groups in total. The van der Waals surface area contributed by atoms with Crippen molar-refractivity contribution < 1.29 is 19.0 Å². The SMILES string of the molecule is COc1nc(N2CCN(C)CC2)cc(-n2ncc3cc(C)c(C4CCN(C(=O)O)CC4F)cc32)n1. The van der Waals surface area contributed by atoms with E-state index in [9.17, 15) is 9.90 Å². The van der Waals surface area contributed by atoms with Crippen molar-refractivity contribution in [2.45, 2.75) is 25.4 Å². The van der Waals surface area contributed by atoms with Crippen LogP contribution < -0.4 is 9.64 Å². The monoisotopic (exact) mass is 483 g/mol. The van der Waals surface area contributed by atoms with Crippen molar-refractivity contribution >= 4 is 22.8 Å². The average molecular weight is 484 g/mol. The summed E-state index contributed by atoms with van der Waals surface area (Å²) in [6, 6.07) is 6.14. The minimum Gasteiger partial charge on any atom is -0.467 e. The number of amides is 1. The molecule has 2 aliphatic rings. The number of halogens is 1. The van der Waals surface area contributed by atoms with E-state index in [2.05, 4.69) is 31.9 Å². The molecule has 11 heteroatoms. The lowest BCUT2D eigenvalue weighted by Gasteiger charge is -2.34. The number of hydrogen-bond donors (Lipinski definition) is 1. The fourth-order valence-corrected chi connectivity index (χ4v) is 5.01. The number of rotatable bonds is 4. The van der Waals surface area contributed by atoms with Crippen molar-refractivity contribution in [3.05, 3.63) is 35.5 Å². The summed E-state index contributed by atoms with van der Waals surface area (Å²) < 4.78 is 22.2. The molecule has 35 heavy (non-hydrogen) atoms. The van der Waals surface area contributed by atoms with Crippen molar-refractivity contribution in [3.8, 4) is 11.8 Å². The average Bonchev–Trinajstić information content (AvgIpc) is 3.26. The van der Waals surface area contributed by atoms with E-state index < -0.39 is 12.3 Å². The summed E-state index contributed by atoms with van der Waals surface area (Å²) in [7, 11) is 3.65. The Morgan fingerprint density at radius 1 is 1.11 bits per heavy atom. The van der Waals surface area contributed by atoms with E-state index in [4.69, 9.17) is 4.74 Å². The number of likely N-dealkylation sites (tertiary alicyclic amines) is 1. The lowest BCUT2D eigenvalue weighted by atomic mass is 9.85. The van der Waals surface area contributed by atoms with Gasteiger partial charge in [-0.15, -0.1) is 0 Å². The molecule has 3 aromatic rings. The molecule has 0 radical (unpaired) electrons. The van der Waals surface area contributed by atoms with Gasteiger partial charge in [0.15, 0.2) is 5.82 Å². The van der Waals surface area contributed by atoms with Gasteiger partial charge in [0.2, 0.25) is 0 Å². The highest BCUT2D eigenvalue weighted by molar-refractivity contribution is 5.82. The number of carbonyl (C=O) groups is 1. The maximum absolute atomic E-state index is 15.1. The molecule has 2 atom stereocenters. The van der Waals surface area contributed by atoms with E-state index >= 15 is 4.39 Å². The Morgan fingerprint density at radius 2 is 1.86 bits per heavy atom. The van der Waals surface area contributed by atoms with Crippen LogP contribution in [0.3, 0.4) is 0 Å². The Hall–Kier alpha value is -3.47. The van der Waals surface area contributed by atoms with E-state index in [1.54, 1.807) is 18.0 Å². The second-order valence-electron chi connectivity index (χ2n) is 9.33. The topological polar surface area (TPSA) is 99.9 Å². The minimum atomic E-state index is -1.27. The van der Waals surface area contributed by atoms with E-state index in [1.165, 1.54) is 0 Å². The van der Waals surface area contributed by atoms with Gasteiger partial charge in [-0.1, -0.05) is 0 Å². The molecule has 0 bridgehead atoms. The summed E-state index contributed by atoms with van der Waals surface area (Å²) in [5, 5.41) is 14.7. The lowest BCUT2D eigenvalue weighted by molar-refractivity contribution is 0.0962. The smallest absolute Gasteiger partial charge is 0.407 e. The van der Waals surface area contributed by atoms with Crippen LogP contribution in [0, 0.1) is 6.92 Å². The largest absolute Gasteiger partial charge is 0.467 e. The van der Waals surface area contributed by atoms with Gasteiger partial charge in [-0.05, 0) is 43.7 Å². The van der Waals surface area contributed by atoms with Crippen LogP contribution in [0.1, 0.15) is 23.5 Å². The molecule has 2 saturated heterocycles. The quantitative estimate of drug-likeness (QED) is 0.605. The minimum absolute atomic E-state index is 0.117. The molecular formula is C24H30FN7O3. The number of fused-ring (bicyclic) bond motifs is 1. The molecule has 1 amide bonds. The number of carboxylic acid groups (broad SMARTS) is 1. The Kier molecular flexibility index (Phi) is 6.18. The first-order chi connectivity index (χ1) is 16.8. The van der Waals surface area contributed by atoms with Crippen LogP contribution in [0.15, 0.2) is 24.4 Å². The molecule has 5 rings (SSSR count). The van der Waals surface area contributed by atoms with Gasteiger partial charge in [0.05, 0.1) is 25.4 Å². The molecular weight excluding hydrogens is 453 g/mol. The molecule has 0 aliphatic carbocycles. The third kappa shape index (κ3) is 4.47. The van der Waals surface area contributed by atoms with Crippen LogP contribution in [-0.2, 0) is 0 Å².